The minimum atomic E-state index is -0.715. The van der Waals surface area contributed by atoms with Crippen molar-refractivity contribution in [2.24, 2.45) is 29.6 Å². The van der Waals surface area contributed by atoms with Crippen LogP contribution in [0.15, 0.2) is 30.4 Å². The van der Waals surface area contributed by atoms with Gasteiger partial charge in [0.15, 0.2) is 0 Å². The van der Waals surface area contributed by atoms with Gasteiger partial charge in [-0.25, -0.2) is 0 Å². The van der Waals surface area contributed by atoms with Crippen molar-refractivity contribution in [3.05, 3.63) is 56.1 Å². The first kappa shape index (κ1) is 26.3. The average molecular weight is 526 g/mol. The van der Waals surface area contributed by atoms with Crippen LogP contribution in [0.25, 0.3) is 0 Å². The number of hydrogen-bond acceptors (Lipinski definition) is 7. The summed E-state index contributed by atoms with van der Waals surface area (Å²) in [4.78, 5) is 49.4. The zero-order chi connectivity index (χ0) is 27.1. The van der Waals surface area contributed by atoms with E-state index in [4.69, 9.17) is 4.74 Å². The molecule has 0 N–H and O–H groups in total. The van der Waals surface area contributed by atoms with Crippen molar-refractivity contribution in [1.29, 1.82) is 0 Å². The van der Waals surface area contributed by atoms with Gasteiger partial charge >= 0.3 is 5.97 Å². The number of rotatable bonds is 5. The molecule has 0 spiro atoms. The van der Waals surface area contributed by atoms with Gasteiger partial charge in [0.05, 0.1) is 33.4 Å². The maximum atomic E-state index is 13.7. The van der Waals surface area contributed by atoms with Gasteiger partial charge in [-0.05, 0) is 63.7 Å². The summed E-state index contributed by atoms with van der Waals surface area (Å²) in [5.41, 5.74) is -1.00. The predicted molar refractivity (Wildman–Crippen MR) is 138 cm³/mol. The van der Waals surface area contributed by atoms with Crippen molar-refractivity contribution >= 4 is 23.3 Å². The van der Waals surface area contributed by atoms with Gasteiger partial charge in [0.25, 0.3) is 17.3 Å². The number of amides is 1. The quantitative estimate of drug-likeness (QED) is 0.216. The van der Waals surface area contributed by atoms with E-state index in [9.17, 15) is 29.8 Å². The monoisotopic (exact) mass is 525 g/mol. The number of allylic oxidation sites excluding steroid dienone is 1. The van der Waals surface area contributed by atoms with E-state index in [0.29, 0.717) is 11.8 Å². The Bertz CT molecular complexity index is 1130. The van der Waals surface area contributed by atoms with Crippen LogP contribution in [0.4, 0.5) is 11.4 Å². The first-order chi connectivity index (χ1) is 18.2. The first-order valence-corrected chi connectivity index (χ1v) is 13.8. The van der Waals surface area contributed by atoms with Crippen molar-refractivity contribution in [2.75, 3.05) is 0 Å². The minimum Gasteiger partial charge on any atom is -0.462 e. The molecular formula is C28H35N3O7. The molecule has 4 fully saturated rings. The molecular weight excluding hydrogens is 490 g/mol. The zero-order valence-corrected chi connectivity index (χ0v) is 21.9. The Labute approximate surface area is 221 Å². The van der Waals surface area contributed by atoms with Crippen LogP contribution in [0.1, 0.15) is 75.6 Å². The van der Waals surface area contributed by atoms with Crippen LogP contribution >= 0.6 is 0 Å². The van der Waals surface area contributed by atoms with E-state index in [2.05, 4.69) is 12.2 Å². The number of piperidine rings is 1. The highest BCUT2D eigenvalue weighted by Crippen LogP contribution is 2.53. The number of fused-ring (bicyclic) bond motifs is 2. The fraction of sp³-hybridized carbons (Fsp3) is 0.643. The molecule has 0 bridgehead atoms. The number of non-ortho nitro benzene ring substituents is 2. The highest BCUT2D eigenvalue weighted by molar-refractivity contribution is 5.96. The Morgan fingerprint density at radius 2 is 1.66 bits per heavy atom. The molecule has 10 nitrogen and oxygen atoms in total. The second-order valence-electron chi connectivity index (χ2n) is 11.5. The second kappa shape index (κ2) is 10.5. The number of cyclic esters (lactones) is 1. The van der Waals surface area contributed by atoms with Crippen molar-refractivity contribution in [1.82, 2.24) is 4.90 Å². The van der Waals surface area contributed by atoms with Gasteiger partial charge in [-0.3, -0.25) is 29.8 Å². The van der Waals surface area contributed by atoms with E-state index in [-0.39, 0.29) is 47.5 Å². The highest BCUT2D eigenvalue weighted by Gasteiger charge is 2.53. The smallest absolute Gasteiger partial charge is 0.309 e. The SMILES string of the molecule is C[C@@H]1OC(=O)[C@H]2C[C@H]3CCCC[C@@H]3[C@@H](/C=C/[C@@H]3CCC[C@H](C)N3C(=O)c3cc([N+](=O)[O-])cc([N+](=O)[O-])c3)[C@@H]12. The maximum Gasteiger partial charge on any atom is 0.309 e. The molecule has 2 aliphatic heterocycles. The number of ether oxygens (including phenoxy) is 1. The predicted octanol–water partition coefficient (Wildman–Crippen LogP) is 5.45. The average Bonchev–Trinajstić information content (AvgIpc) is 3.18. The Morgan fingerprint density at radius 1 is 0.974 bits per heavy atom. The molecule has 0 unspecified atom stereocenters. The molecule has 38 heavy (non-hydrogen) atoms. The Hall–Kier alpha value is -3.30. The fourth-order valence-electron chi connectivity index (χ4n) is 7.69. The summed E-state index contributed by atoms with van der Waals surface area (Å²) in [6.07, 6.45) is 12.2. The van der Waals surface area contributed by atoms with Crippen LogP contribution < -0.4 is 0 Å². The van der Waals surface area contributed by atoms with Gasteiger partial charge in [0, 0.05) is 24.1 Å². The third-order valence-corrected chi connectivity index (χ3v) is 9.39. The van der Waals surface area contributed by atoms with Gasteiger partial charge in [-0.2, -0.15) is 0 Å². The van der Waals surface area contributed by atoms with Crippen LogP contribution in [-0.2, 0) is 9.53 Å². The normalized spacial score (nSPS) is 34.9. The molecule has 8 atom stereocenters. The number of carbonyl (C=O) groups is 2. The van der Waals surface area contributed by atoms with E-state index in [1.807, 2.05) is 13.8 Å². The highest BCUT2D eigenvalue weighted by atomic mass is 16.6. The van der Waals surface area contributed by atoms with Crippen molar-refractivity contribution < 1.29 is 24.2 Å². The molecule has 1 aromatic rings. The Kier molecular flexibility index (Phi) is 7.24. The Morgan fingerprint density at radius 3 is 2.34 bits per heavy atom. The van der Waals surface area contributed by atoms with Crippen LogP contribution in [0.5, 0.6) is 0 Å². The van der Waals surface area contributed by atoms with E-state index < -0.39 is 27.1 Å². The standard InChI is InChI=1S/C28H35N3O7/c1-16-6-5-8-20(29(16)27(32)19-12-21(30(34)35)15-22(13-19)31(36)37)10-11-24-23-9-4-3-7-18(23)14-25-26(24)17(2)38-28(25)33/h10-13,15-18,20,23-26H,3-9,14H2,1-2H3/b11-10+/t16-,17-,18+,20-,23-,24+,25-,26+/m0/s1. The lowest BCUT2D eigenvalue weighted by Gasteiger charge is -2.46. The number of nitro benzene ring substituents is 2. The zero-order valence-electron chi connectivity index (χ0n) is 21.9. The summed E-state index contributed by atoms with van der Waals surface area (Å²) in [7, 11) is 0. The van der Waals surface area contributed by atoms with Crippen molar-refractivity contribution in [3.63, 3.8) is 0 Å². The van der Waals surface area contributed by atoms with Crippen molar-refractivity contribution in [2.45, 2.75) is 83.4 Å². The van der Waals surface area contributed by atoms with Gasteiger partial charge in [-0.1, -0.05) is 31.4 Å². The van der Waals surface area contributed by atoms with E-state index in [0.717, 1.165) is 56.7 Å². The van der Waals surface area contributed by atoms with Gasteiger partial charge < -0.3 is 9.64 Å². The van der Waals surface area contributed by atoms with Crippen LogP contribution in [0.2, 0.25) is 0 Å². The van der Waals surface area contributed by atoms with Crippen molar-refractivity contribution in [3.8, 4) is 0 Å². The molecule has 5 rings (SSSR count). The molecule has 2 heterocycles. The molecule has 204 valence electrons. The van der Waals surface area contributed by atoms with Crippen LogP contribution in [-0.4, -0.2) is 44.8 Å². The molecule has 2 aliphatic carbocycles. The summed E-state index contributed by atoms with van der Waals surface area (Å²) >= 11 is 0. The number of likely N-dealkylation sites (tertiary alicyclic amines) is 1. The van der Waals surface area contributed by atoms with E-state index in [1.54, 1.807) is 4.90 Å². The van der Waals surface area contributed by atoms with Gasteiger partial charge in [-0.15, -0.1) is 0 Å². The topological polar surface area (TPSA) is 133 Å². The van der Waals surface area contributed by atoms with Gasteiger partial charge in [0.2, 0.25) is 0 Å². The lowest BCUT2D eigenvalue weighted by atomic mass is 9.57. The molecule has 0 radical (unpaired) electrons. The number of nitro groups is 2. The molecule has 0 aromatic heterocycles. The number of carbonyl (C=O) groups excluding carboxylic acids is 2. The lowest BCUT2D eigenvalue weighted by molar-refractivity contribution is -0.394. The molecule has 4 aliphatic rings. The van der Waals surface area contributed by atoms with E-state index >= 15 is 0 Å². The third kappa shape index (κ3) is 4.80. The maximum absolute atomic E-state index is 13.7. The lowest BCUT2D eigenvalue weighted by Crippen LogP contribution is -2.48. The molecule has 1 aromatic carbocycles. The minimum absolute atomic E-state index is 0.0495. The number of benzene rings is 1. The number of nitrogens with zero attached hydrogens (tertiary/aromatic N) is 3. The summed E-state index contributed by atoms with van der Waals surface area (Å²) < 4.78 is 5.68. The first-order valence-electron chi connectivity index (χ1n) is 13.8. The van der Waals surface area contributed by atoms with Crippen LogP contribution in [0, 0.1) is 49.8 Å². The molecule has 10 heteroatoms. The number of esters is 1. The van der Waals surface area contributed by atoms with E-state index in [1.165, 1.54) is 12.8 Å². The fourth-order valence-corrected chi connectivity index (χ4v) is 7.69. The van der Waals surface area contributed by atoms with Crippen LogP contribution in [0.3, 0.4) is 0 Å². The summed E-state index contributed by atoms with van der Waals surface area (Å²) in [5.74, 6) is 0.709. The van der Waals surface area contributed by atoms with Gasteiger partial charge in [0.1, 0.15) is 6.10 Å². The second-order valence-corrected chi connectivity index (χ2v) is 11.5. The summed E-state index contributed by atoms with van der Waals surface area (Å²) in [6.45, 7) is 3.93. The Balaban J connectivity index is 1.45. The summed E-state index contributed by atoms with van der Waals surface area (Å²) in [5, 5.41) is 22.8. The third-order valence-electron chi connectivity index (χ3n) is 9.39. The molecule has 2 saturated heterocycles. The summed E-state index contributed by atoms with van der Waals surface area (Å²) in [6, 6.07) is 2.76. The number of hydrogen-bond donors (Lipinski definition) is 0. The largest absolute Gasteiger partial charge is 0.462 e. The molecule has 2 saturated carbocycles. The molecule has 1 amide bonds.